The second kappa shape index (κ2) is 10.7. The predicted octanol–water partition coefficient (Wildman–Crippen LogP) is 3.93. The van der Waals surface area contributed by atoms with Gasteiger partial charge in [0.05, 0.1) is 0 Å². The van der Waals surface area contributed by atoms with E-state index in [1.54, 1.807) is 6.07 Å². The summed E-state index contributed by atoms with van der Waals surface area (Å²) >= 11 is 0. The van der Waals surface area contributed by atoms with E-state index >= 15 is 0 Å². The zero-order valence-electron chi connectivity index (χ0n) is 16.1. The number of hydrogen-bond acceptors (Lipinski definition) is 2. The van der Waals surface area contributed by atoms with Gasteiger partial charge in [0.15, 0.2) is 5.96 Å². The molecule has 152 valence electrons. The van der Waals surface area contributed by atoms with E-state index < -0.39 is 10.8 Å². The quantitative estimate of drug-likeness (QED) is 0.349. The Morgan fingerprint density at radius 3 is 2.70 bits per heavy atom. The van der Waals surface area contributed by atoms with Crippen LogP contribution in [0.3, 0.4) is 0 Å². The van der Waals surface area contributed by atoms with E-state index in [1.165, 1.54) is 6.07 Å². The number of benzene rings is 1. The zero-order valence-corrected chi connectivity index (χ0v) is 19.3. The third kappa shape index (κ3) is 6.14. The second-order valence-corrected chi connectivity index (χ2v) is 9.24. The molecule has 2 fully saturated rings. The smallest absolute Gasteiger partial charge is 0.191 e. The second-order valence-electron chi connectivity index (χ2n) is 7.24. The Morgan fingerprint density at radius 1 is 1.22 bits per heavy atom. The molecule has 3 rings (SSSR count). The highest BCUT2D eigenvalue weighted by atomic mass is 127. The van der Waals surface area contributed by atoms with E-state index in [4.69, 9.17) is 0 Å². The molecule has 1 aromatic rings. The average Bonchev–Trinajstić information content (AvgIpc) is 3.40. The molecule has 2 saturated carbocycles. The van der Waals surface area contributed by atoms with Crippen molar-refractivity contribution in [3.8, 4) is 0 Å². The molecule has 27 heavy (non-hydrogen) atoms. The Bertz CT molecular complexity index is 672. The maximum atomic E-state index is 14.0. The molecular formula is C20H31FIN3OS. The number of rotatable bonds is 6. The van der Waals surface area contributed by atoms with Crippen LogP contribution in [0, 0.1) is 5.82 Å². The first kappa shape index (κ1) is 22.6. The Kier molecular flexibility index (Phi) is 8.98. The third-order valence-electron chi connectivity index (χ3n) is 5.36. The Hall–Kier alpha value is -0.700. The summed E-state index contributed by atoms with van der Waals surface area (Å²) in [5.41, 5.74) is 0.789. The summed E-state index contributed by atoms with van der Waals surface area (Å²) in [7, 11) is -0.726. The van der Waals surface area contributed by atoms with Gasteiger partial charge in [-0.2, -0.15) is 0 Å². The lowest BCUT2D eigenvalue weighted by Crippen LogP contribution is -2.47. The molecule has 0 aromatic heterocycles. The van der Waals surface area contributed by atoms with Gasteiger partial charge in [0.2, 0.25) is 0 Å². The fourth-order valence-corrected chi connectivity index (χ4v) is 5.23. The summed E-state index contributed by atoms with van der Waals surface area (Å²) in [5, 5.41) is 7.30. The first-order chi connectivity index (χ1) is 12.6. The maximum Gasteiger partial charge on any atom is 0.191 e. The molecule has 2 aliphatic rings. The molecule has 5 unspecified atom stereocenters. The van der Waals surface area contributed by atoms with Crippen LogP contribution in [0.5, 0.6) is 0 Å². The molecule has 0 heterocycles. The molecule has 0 spiro atoms. The van der Waals surface area contributed by atoms with Crippen LogP contribution in [-0.4, -0.2) is 39.8 Å². The molecule has 0 saturated heterocycles. The van der Waals surface area contributed by atoms with E-state index in [-0.39, 0.29) is 41.8 Å². The number of nitrogens with one attached hydrogen (secondary N) is 2. The van der Waals surface area contributed by atoms with Gasteiger partial charge in [-0.1, -0.05) is 31.5 Å². The molecule has 7 heteroatoms. The van der Waals surface area contributed by atoms with Crippen LogP contribution in [0.4, 0.5) is 4.39 Å². The fraction of sp³-hybridized carbons (Fsp3) is 0.650. The van der Waals surface area contributed by atoms with Crippen molar-refractivity contribution in [3.63, 3.8) is 0 Å². The summed E-state index contributed by atoms with van der Waals surface area (Å²) in [4.78, 5) is 4.56. The summed E-state index contributed by atoms with van der Waals surface area (Å²) in [6.07, 6.45) is 5.12. The first-order valence-electron chi connectivity index (χ1n) is 9.81. The van der Waals surface area contributed by atoms with Crippen molar-refractivity contribution in [1.82, 2.24) is 10.6 Å². The number of halogens is 2. The minimum Gasteiger partial charge on any atom is -0.354 e. The van der Waals surface area contributed by atoms with Gasteiger partial charge in [0.1, 0.15) is 5.82 Å². The number of aliphatic imine (C=N–C) groups is 1. The average molecular weight is 507 g/mol. The summed E-state index contributed by atoms with van der Waals surface area (Å²) in [6, 6.07) is 7.57. The van der Waals surface area contributed by atoms with E-state index in [9.17, 15) is 8.60 Å². The molecule has 0 amide bonds. The molecule has 4 nitrogen and oxygen atoms in total. The van der Waals surface area contributed by atoms with Crippen LogP contribution in [0.15, 0.2) is 29.3 Å². The van der Waals surface area contributed by atoms with Gasteiger partial charge in [-0.15, -0.1) is 24.0 Å². The number of nitrogens with zero attached hydrogens (tertiary/aromatic N) is 1. The maximum absolute atomic E-state index is 14.0. The van der Waals surface area contributed by atoms with Gasteiger partial charge in [-0.3, -0.25) is 9.20 Å². The Labute approximate surface area is 181 Å². The van der Waals surface area contributed by atoms with Crippen LogP contribution < -0.4 is 10.6 Å². The SMILES string of the molecule is CCN=C(NC1CCCC(S(=O)CC)C1)NC1CC1c1ccccc1F.I. The van der Waals surface area contributed by atoms with Crippen molar-refractivity contribution in [2.75, 3.05) is 12.3 Å². The summed E-state index contributed by atoms with van der Waals surface area (Å²) in [5.74, 6) is 1.63. The van der Waals surface area contributed by atoms with E-state index in [0.717, 1.165) is 49.4 Å². The zero-order chi connectivity index (χ0) is 18.5. The topological polar surface area (TPSA) is 53.5 Å². The molecule has 1 aromatic carbocycles. The van der Waals surface area contributed by atoms with Crippen LogP contribution in [0.25, 0.3) is 0 Å². The number of hydrogen-bond donors (Lipinski definition) is 2. The van der Waals surface area contributed by atoms with E-state index in [0.29, 0.717) is 17.8 Å². The van der Waals surface area contributed by atoms with Gasteiger partial charge in [0.25, 0.3) is 0 Å². The van der Waals surface area contributed by atoms with Crippen molar-refractivity contribution >= 4 is 40.7 Å². The summed E-state index contributed by atoms with van der Waals surface area (Å²) < 4.78 is 26.1. The van der Waals surface area contributed by atoms with Crippen molar-refractivity contribution in [2.24, 2.45) is 4.99 Å². The van der Waals surface area contributed by atoms with Crippen molar-refractivity contribution < 1.29 is 8.60 Å². The molecule has 0 aliphatic heterocycles. The van der Waals surface area contributed by atoms with Crippen LogP contribution in [0.2, 0.25) is 0 Å². The third-order valence-corrected chi connectivity index (χ3v) is 7.10. The molecule has 5 atom stereocenters. The van der Waals surface area contributed by atoms with E-state index in [2.05, 4.69) is 15.6 Å². The lowest BCUT2D eigenvalue weighted by atomic mass is 9.95. The fourth-order valence-electron chi connectivity index (χ4n) is 3.88. The van der Waals surface area contributed by atoms with E-state index in [1.807, 2.05) is 26.0 Å². The normalized spacial score (nSPS) is 28.8. The number of guanidine groups is 1. The molecule has 2 aliphatic carbocycles. The van der Waals surface area contributed by atoms with Crippen molar-refractivity contribution in [3.05, 3.63) is 35.6 Å². The Morgan fingerprint density at radius 2 is 2.00 bits per heavy atom. The van der Waals surface area contributed by atoms with Crippen LogP contribution in [-0.2, 0) is 10.8 Å². The standard InChI is InChI=1S/C20H30FN3OS.HI/c1-3-22-20(23-14-8-7-9-15(12-14)26(25)4-2)24-19-13-17(19)16-10-5-6-11-18(16)21;/h5-6,10-11,14-15,17,19H,3-4,7-9,12-13H2,1-2H3,(H2,22,23,24);1H. The van der Waals surface area contributed by atoms with Crippen LogP contribution >= 0.6 is 24.0 Å². The first-order valence-corrected chi connectivity index (χ1v) is 11.2. The Balaban J connectivity index is 0.00000261. The molecule has 0 radical (unpaired) electrons. The summed E-state index contributed by atoms with van der Waals surface area (Å²) in [6.45, 7) is 4.71. The predicted molar refractivity (Wildman–Crippen MR) is 122 cm³/mol. The minimum atomic E-state index is -0.726. The molecule has 0 bridgehead atoms. The highest BCUT2D eigenvalue weighted by molar-refractivity contribution is 14.0. The highest BCUT2D eigenvalue weighted by Crippen LogP contribution is 2.41. The molecule has 2 N–H and O–H groups in total. The van der Waals surface area contributed by atoms with Crippen molar-refractivity contribution in [2.45, 2.75) is 69.2 Å². The lowest BCUT2D eigenvalue weighted by Gasteiger charge is -2.30. The highest BCUT2D eigenvalue weighted by Gasteiger charge is 2.40. The van der Waals surface area contributed by atoms with Gasteiger partial charge >= 0.3 is 0 Å². The van der Waals surface area contributed by atoms with Gasteiger partial charge in [0, 0.05) is 46.3 Å². The lowest BCUT2D eigenvalue weighted by molar-refractivity contribution is 0.413. The van der Waals surface area contributed by atoms with Gasteiger partial charge in [-0.25, -0.2) is 4.39 Å². The monoisotopic (exact) mass is 507 g/mol. The van der Waals surface area contributed by atoms with Gasteiger partial charge in [-0.05, 0) is 44.2 Å². The van der Waals surface area contributed by atoms with Crippen LogP contribution in [0.1, 0.15) is 57.4 Å². The minimum absolute atomic E-state index is 0. The van der Waals surface area contributed by atoms with Crippen molar-refractivity contribution in [1.29, 1.82) is 0 Å². The van der Waals surface area contributed by atoms with Gasteiger partial charge < -0.3 is 10.6 Å². The largest absolute Gasteiger partial charge is 0.354 e. The molecular weight excluding hydrogens is 476 g/mol.